The zero-order chi connectivity index (χ0) is 33.4. The Labute approximate surface area is 267 Å². The predicted molar refractivity (Wildman–Crippen MR) is 168 cm³/mol. The van der Waals surface area contributed by atoms with Gasteiger partial charge in [0.05, 0.1) is 27.1 Å². The minimum atomic E-state index is -1.83. The molecule has 1 fully saturated rings. The summed E-state index contributed by atoms with van der Waals surface area (Å²) in [6, 6.07) is 10.9. The Morgan fingerprint density at radius 3 is 1.70 bits per heavy atom. The minimum Gasteiger partial charge on any atom is -0.496 e. The molecule has 0 spiro atoms. The van der Waals surface area contributed by atoms with Gasteiger partial charge in [-0.15, -0.1) is 0 Å². The molecule has 1 aliphatic carbocycles. The number of aliphatic carboxylic acids is 1. The van der Waals surface area contributed by atoms with Gasteiger partial charge >= 0.3 is 12.1 Å². The van der Waals surface area contributed by atoms with Crippen LogP contribution in [0, 0.1) is 5.92 Å². The van der Waals surface area contributed by atoms with Crippen LogP contribution in [-0.4, -0.2) is 65.1 Å². The highest BCUT2D eigenvalue weighted by molar-refractivity contribution is 6.32. The van der Waals surface area contributed by atoms with Crippen molar-refractivity contribution in [2.75, 3.05) is 14.2 Å². The molecular weight excluding hydrogens is 615 g/mol. The van der Waals surface area contributed by atoms with Crippen LogP contribution in [0.3, 0.4) is 0 Å². The highest BCUT2D eigenvalue weighted by Crippen LogP contribution is 2.28. The smallest absolute Gasteiger partial charge is 0.496 e. The van der Waals surface area contributed by atoms with Crippen LogP contribution in [-0.2, 0) is 27.2 Å². The van der Waals surface area contributed by atoms with Gasteiger partial charge in [-0.25, -0.2) is 9.59 Å². The van der Waals surface area contributed by atoms with E-state index in [0.29, 0.717) is 39.6 Å². The average molecular weight is 658 g/mol. The lowest BCUT2D eigenvalue weighted by molar-refractivity contribution is -0.149. The molecule has 0 heterocycles. The molecule has 0 aromatic heterocycles. The molecule has 244 valence electrons. The Bertz CT molecular complexity index is 1260. The molecule has 0 bridgehead atoms. The summed E-state index contributed by atoms with van der Waals surface area (Å²) in [7, 11) is 3.08. The lowest BCUT2D eigenvalue weighted by atomic mass is 9.85. The molecule has 0 aliphatic heterocycles. The Morgan fingerprint density at radius 2 is 1.32 bits per heavy atom. The zero-order valence-electron chi connectivity index (χ0n) is 25.6. The van der Waals surface area contributed by atoms with Gasteiger partial charge in [0.2, 0.25) is 11.8 Å². The Morgan fingerprint density at radius 1 is 0.886 bits per heavy atom. The average Bonchev–Trinajstić information content (AvgIpc) is 3.47. The number of nitrogens with one attached hydrogen (secondary N) is 2. The molecule has 2 amide bonds. The summed E-state index contributed by atoms with van der Waals surface area (Å²) in [5, 5.41) is 30.0. The van der Waals surface area contributed by atoms with Crippen LogP contribution in [0.4, 0.5) is 4.79 Å². The lowest BCUT2D eigenvalue weighted by Crippen LogP contribution is -2.56. The number of halogens is 2. The summed E-state index contributed by atoms with van der Waals surface area (Å²) in [4.78, 5) is 44.3. The van der Waals surface area contributed by atoms with Crippen molar-refractivity contribution in [1.29, 1.82) is 0 Å². The number of ether oxygens (including phenoxy) is 2. The quantitative estimate of drug-likeness (QED) is 0.192. The largest absolute Gasteiger partial charge is 0.503 e. The third kappa shape index (κ3) is 12.1. The van der Waals surface area contributed by atoms with Crippen LogP contribution >= 0.6 is 23.2 Å². The van der Waals surface area contributed by atoms with Gasteiger partial charge in [-0.3, -0.25) is 9.59 Å². The topological polar surface area (TPSA) is 171 Å². The fourth-order valence-corrected chi connectivity index (χ4v) is 5.07. The van der Waals surface area contributed by atoms with E-state index >= 15 is 0 Å². The second kappa shape index (κ2) is 18.9. The fraction of sp³-hybridized carbons (Fsp3) is 0.484. The molecule has 1 saturated carbocycles. The Balaban J connectivity index is 0.000000397. The van der Waals surface area contributed by atoms with E-state index in [-0.39, 0.29) is 24.7 Å². The van der Waals surface area contributed by atoms with Gasteiger partial charge in [0.15, 0.2) is 0 Å². The van der Waals surface area contributed by atoms with E-state index in [9.17, 15) is 19.5 Å². The maximum absolute atomic E-state index is 12.3. The number of carbonyl (C=O) groups is 4. The molecule has 3 rings (SSSR count). The van der Waals surface area contributed by atoms with E-state index in [1.54, 1.807) is 38.3 Å². The molecule has 0 radical (unpaired) electrons. The number of carboxylic acid groups (broad SMARTS) is 3. The molecule has 5 N–H and O–H groups in total. The van der Waals surface area contributed by atoms with E-state index in [0.717, 1.165) is 18.4 Å². The van der Waals surface area contributed by atoms with Crippen LogP contribution in [0.1, 0.15) is 64.0 Å². The normalized spacial score (nSPS) is 14.3. The summed E-state index contributed by atoms with van der Waals surface area (Å²) in [5.74, 6) is -0.472. The number of hydrogen-bond donors (Lipinski definition) is 5. The van der Waals surface area contributed by atoms with E-state index in [2.05, 4.69) is 10.6 Å². The van der Waals surface area contributed by atoms with E-state index in [1.807, 2.05) is 19.1 Å². The van der Waals surface area contributed by atoms with Crippen molar-refractivity contribution in [1.82, 2.24) is 10.6 Å². The third-order valence-electron chi connectivity index (χ3n) is 7.43. The molecule has 2 unspecified atom stereocenters. The van der Waals surface area contributed by atoms with Crippen LogP contribution in [0.5, 0.6) is 11.5 Å². The maximum atomic E-state index is 12.3. The van der Waals surface area contributed by atoms with E-state index < -0.39 is 23.6 Å². The molecule has 2 atom stereocenters. The van der Waals surface area contributed by atoms with E-state index in [4.69, 9.17) is 47.7 Å². The number of carboxylic acids is 1. The second-order valence-corrected chi connectivity index (χ2v) is 11.2. The summed E-state index contributed by atoms with van der Waals surface area (Å²) < 4.78 is 10.4. The predicted octanol–water partition coefficient (Wildman–Crippen LogP) is 6.07. The Kier molecular flexibility index (Phi) is 16.4. The third-order valence-corrected chi connectivity index (χ3v) is 8.14. The number of carbonyl (C=O) groups excluding carboxylic acids is 2. The highest BCUT2D eigenvalue weighted by atomic mass is 35.5. The van der Waals surface area contributed by atoms with Gasteiger partial charge in [0, 0.05) is 27.2 Å². The van der Waals surface area contributed by atoms with Crippen molar-refractivity contribution in [2.45, 2.75) is 77.3 Å². The zero-order valence-corrected chi connectivity index (χ0v) is 27.1. The van der Waals surface area contributed by atoms with Crippen molar-refractivity contribution in [3.8, 4) is 11.5 Å². The first kappa shape index (κ1) is 38.3. The van der Waals surface area contributed by atoms with Gasteiger partial charge in [-0.05, 0) is 49.9 Å². The fourth-order valence-electron chi connectivity index (χ4n) is 4.60. The minimum absolute atomic E-state index is 0.0216. The van der Waals surface area contributed by atoms with Gasteiger partial charge in [-0.2, -0.15) is 0 Å². The van der Waals surface area contributed by atoms with Gasteiger partial charge in [-0.1, -0.05) is 68.4 Å². The summed E-state index contributed by atoms with van der Waals surface area (Å²) in [6.45, 7) is 5.20. The van der Waals surface area contributed by atoms with Gasteiger partial charge in [0.1, 0.15) is 17.0 Å². The maximum Gasteiger partial charge on any atom is 0.503 e. The molecule has 11 nitrogen and oxygen atoms in total. The molecule has 0 saturated heterocycles. The number of hydrogen-bond acceptors (Lipinski definition) is 6. The monoisotopic (exact) mass is 656 g/mol. The molecule has 2 aromatic rings. The van der Waals surface area contributed by atoms with Crippen LogP contribution in [0.2, 0.25) is 10.0 Å². The highest BCUT2D eigenvalue weighted by Gasteiger charge is 2.39. The van der Waals surface area contributed by atoms with Crippen molar-refractivity contribution in [2.24, 2.45) is 5.92 Å². The first-order valence-electron chi connectivity index (χ1n) is 14.1. The van der Waals surface area contributed by atoms with Crippen molar-refractivity contribution in [3.63, 3.8) is 0 Å². The van der Waals surface area contributed by atoms with Crippen molar-refractivity contribution >= 4 is 47.1 Å². The molecule has 1 aliphatic rings. The molecule has 44 heavy (non-hydrogen) atoms. The standard InChI is InChI=1S/C16H22ClNO4.C14H18ClNO2.CH2O3/c1-5-10(2)16(3,15(20)21)18-14(19)9-11-12(17)7-6-8-13(11)22-4;1-18-13-8-4-7-12(15)11(13)9-14(17)16-10-5-2-3-6-10;2-1(3)4/h6-8,10H,5,9H2,1-4H3,(H,18,19)(H,20,21);4,7-8,10H,2-3,5-6,9H2,1H3,(H,16,17);(H2,2,3,4). The number of rotatable bonds is 11. The summed E-state index contributed by atoms with van der Waals surface area (Å²) >= 11 is 12.2. The Hall–Kier alpha value is -3.70. The summed E-state index contributed by atoms with van der Waals surface area (Å²) in [5.41, 5.74) is -0.0152. The van der Waals surface area contributed by atoms with Crippen molar-refractivity contribution in [3.05, 3.63) is 57.6 Å². The molecular formula is C31H42Cl2N2O9. The van der Waals surface area contributed by atoms with Gasteiger partial charge < -0.3 is 35.4 Å². The van der Waals surface area contributed by atoms with Crippen LogP contribution in [0.15, 0.2) is 36.4 Å². The van der Waals surface area contributed by atoms with E-state index in [1.165, 1.54) is 26.9 Å². The van der Waals surface area contributed by atoms with Crippen molar-refractivity contribution < 1.29 is 44.0 Å². The first-order valence-corrected chi connectivity index (χ1v) is 14.8. The van der Waals surface area contributed by atoms with Crippen LogP contribution in [0.25, 0.3) is 0 Å². The number of amides is 2. The number of benzene rings is 2. The SMILES string of the molecule is CCC(C)C(C)(NC(=O)Cc1c(Cl)cccc1OC)C(=O)O.COc1cccc(Cl)c1CC(=O)NC1CCCC1.O=C(O)O. The molecule has 2 aromatic carbocycles. The number of methoxy groups -OCH3 is 2. The van der Waals surface area contributed by atoms with Crippen LogP contribution < -0.4 is 20.1 Å². The summed E-state index contributed by atoms with van der Waals surface area (Å²) in [6.07, 6.45) is 3.64. The molecule has 13 heteroatoms. The second-order valence-electron chi connectivity index (χ2n) is 10.4. The first-order chi connectivity index (χ1) is 20.7. The lowest BCUT2D eigenvalue weighted by Gasteiger charge is -2.32. The van der Waals surface area contributed by atoms with Gasteiger partial charge in [0.25, 0.3) is 0 Å².